The highest BCUT2D eigenvalue weighted by Crippen LogP contribution is 2.07. The summed E-state index contributed by atoms with van der Waals surface area (Å²) in [5.74, 6) is 0.0185. The minimum Gasteiger partial charge on any atom is -0.359 e. The van der Waals surface area contributed by atoms with E-state index in [0.717, 1.165) is 11.3 Å². The summed E-state index contributed by atoms with van der Waals surface area (Å²) in [6.45, 7) is 0.643. The van der Waals surface area contributed by atoms with E-state index in [0.29, 0.717) is 31.5 Å². The number of amides is 1. The molecule has 1 N–H and O–H groups in total. The Morgan fingerprint density at radius 3 is 2.77 bits per heavy atom. The van der Waals surface area contributed by atoms with Crippen molar-refractivity contribution in [3.63, 3.8) is 0 Å². The zero-order valence-electron chi connectivity index (χ0n) is 14.6. The second-order valence-electron chi connectivity index (χ2n) is 5.97. The second-order valence-corrected chi connectivity index (χ2v) is 5.97. The fourth-order valence-electron chi connectivity index (χ4n) is 2.62. The number of benzene rings is 1. The molecular formula is C19H21N5O2. The SMILES string of the molecule is CNC(=O)CCCn1cc(-n2ccc(=O)c(Cc3ccccc3)n2)cn1. The Bertz CT molecular complexity index is 930. The first-order valence-corrected chi connectivity index (χ1v) is 8.52. The van der Waals surface area contributed by atoms with Gasteiger partial charge in [-0.15, -0.1) is 0 Å². The fourth-order valence-corrected chi connectivity index (χ4v) is 2.62. The monoisotopic (exact) mass is 351 g/mol. The summed E-state index contributed by atoms with van der Waals surface area (Å²) in [7, 11) is 1.63. The van der Waals surface area contributed by atoms with Crippen LogP contribution >= 0.6 is 0 Å². The highest BCUT2D eigenvalue weighted by Gasteiger charge is 2.07. The van der Waals surface area contributed by atoms with E-state index in [-0.39, 0.29) is 11.3 Å². The summed E-state index contributed by atoms with van der Waals surface area (Å²) in [6, 6.07) is 11.3. The van der Waals surface area contributed by atoms with Gasteiger partial charge < -0.3 is 5.32 Å². The van der Waals surface area contributed by atoms with Crippen LogP contribution in [0.15, 0.2) is 59.8 Å². The standard InChI is InChI=1S/C19H21N5O2/c1-20-19(26)8-5-10-23-14-16(13-21-23)24-11-9-18(25)17(22-24)12-15-6-3-2-4-7-15/h2-4,6-7,9,11,13-14H,5,8,10,12H2,1H3,(H,20,26). The molecule has 0 fully saturated rings. The molecule has 0 saturated heterocycles. The van der Waals surface area contributed by atoms with Gasteiger partial charge in [0, 0.05) is 38.7 Å². The molecule has 3 aromatic rings. The molecule has 0 aliphatic rings. The van der Waals surface area contributed by atoms with Crippen LogP contribution in [0.3, 0.4) is 0 Å². The lowest BCUT2D eigenvalue weighted by Crippen LogP contribution is -2.17. The van der Waals surface area contributed by atoms with Crippen molar-refractivity contribution in [1.82, 2.24) is 24.9 Å². The lowest BCUT2D eigenvalue weighted by atomic mass is 10.1. The van der Waals surface area contributed by atoms with Crippen molar-refractivity contribution in [1.29, 1.82) is 0 Å². The van der Waals surface area contributed by atoms with Crippen LogP contribution < -0.4 is 10.7 Å². The third-order valence-electron chi connectivity index (χ3n) is 4.05. The lowest BCUT2D eigenvalue weighted by Gasteiger charge is -2.05. The number of rotatable bonds is 7. The number of carbonyl (C=O) groups excluding carboxylic acids is 1. The Kier molecular flexibility index (Phi) is 5.58. The molecule has 3 rings (SSSR count). The summed E-state index contributed by atoms with van der Waals surface area (Å²) in [5.41, 5.74) is 2.23. The first kappa shape index (κ1) is 17.6. The molecule has 0 spiro atoms. The smallest absolute Gasteiger partial charge is 0.219 e. The van der Waals surface area contributed by atoms with Gasteiger partial charge in [0.25, 0.3) is 0 Å². The van der Waals surface area contributed by atoms with Crippen LogP contribution in [0.5, 0.6) is 0 Å². The van der Waals surface area contributed by atoms with E-state index in [2.05, 4.69) is 15.5 Å². The molecule has 2 aromatic heterocycles. The molecule has 0 aliphatic heterocycles. The van der Waals surface area contributed by atoms with Gasteiger partial charge in [-0.25, -0.2) is 4.68 Å². The van der Waals surface area contributed by atoms with Gasteiger partial charge in [-0.3, -0.25) is 14.3 Å². The van der Waals surface area contributed by atoms with E-state index in [1.54, 1.807) is 28.8 Å². The molecule has 0 saturated carbocycles. The molecule has 1 amide bonds. The quantitative estimate of drug-likeness (QED) is 0.700. The zero-order valence-corrected chi connectivity index (χ0v) is 14.6. The first-order valence-electron chi connectivity index (χ1n) is 8.52. The summed E-state index contributed by atoms with van der Waals surface area (Å²) in [4.78, 5) is 23.4. The van der Waals surface area contributed by atoms with Crippen molar-refractivity contribution in [3.8, 4) is 5.69 Å². The molecule has 0 atom stereocenters. The van der Waals surface area contributed by atoms with Gasteiger partial charge in [0.05, 0.1) is 12.4 Å². The van der Waals surface area contributed by atoms with Gasteiger partial charge in [-0.1, -0.05) is 30.3 Å². The van der Waals surface area contributed by atoms with Crippen LogP contribution in [-0.2, 0) is 17.8 Å². The molecule has 0 aliphatic carbocycles. The van der Waals surface area contributed by atoms with E-state index < -0.39 is 0 Å². The van der Waals surface area contributed by atoms with E-state index in [4.69, 9.17) is 0 Å². The number of hydrogen-bond donors (Lipinski definition) is 1. The predicted octanol–water partition coefficient (Wildman–Crippen LogP) is 1.55. The van der Waals surface area contributed by atoms with Crippen molar-refractivity contribution >= 4 is 5.91 Å². The van der Waals surface area contributed by atoms with Crippen LogP contribution in [0.4, 0.5) is 0 Å². The minimum absolute atomic E-state index is 0.0185. The summed E-state index contributed by atoms with van der Waals surface area (Å²) in [6.07, 6.45) is 6.85. The van der Waals surface area contributed by atoms with Crippen LogP contribution in [-0.4, -0.2) is 32.5 Å². The van der Waals surface area contributed by atoms with Crippen molar-refractivity contribution in [2.75, 3.05) is 7.05 Å². The maximum Gasteiger partial charge on any atom is 0.219 e. The van der Waals surface area contributed by atoms with Gasteiger partial charge in [-0.2, -0.15) is 10.2 Å². The zero-order chi connectivity index (χ0) is 18.4. The Balaban J connectivity index is 1.72. The summed E-state index contributed by atoms with van der Waals surface area (Å²) >= 11 is 0. The lowest BCUT2D eigenvalue weighted by molar-refractivity contribution is -0.120. The molecule has 2 heterocycles. The first-order chi connectivity index (χ1) is 12.7. The van der Waals surface area contributed by atoms with Gasteiger partial charge in [0.1, 0.15) is 11.4 Å². The maximum atomic E-state index is 12.1. The molecule has 0 radical (unpaired) electrons. The maximum absolute atomic E-state index is 12.1. The summed E-state index contributed by atoms with van der Waals surface area (Å²) < 4.78 is 3.43. The molecule has 134 valence electrons. The van der Waals surface area contributed by atoms with Crippen molar-refractivity contribution in [3.05, 3.63) is 76.5 Å². The Hall–Kier alpha value is -3.22. The van der Waals surface area contributed by atoms with Crippen molar-refractivity contribution in [2.45, 2.75) is 25.8 Å². The van der Waals surface area contributed by atoms with Gasteiger partial charge in [-0.05, 0) is 12.0 Å². The molecule has 7 nitrogen and oxygen atoms in total. The molecule has 26 heavy (non-hydrogen) atoms. The molecule has 1 aromatic carbocycles. The predicted molar refractivity (Wildman–Crippen MR) is 98.2 cm³/mol. The summed E-state index contributed by atoms with van der Waals surface area (Å²) in [5, 5.41) is 11.4. The van der Waals surface area contributed by atoms with Crippen LogP contribution in [0.2, 0.25) is 0 Å². The highest BCUT2D eigenvalue weighted by molar-refractivity contribution is 5.75. The molecule has 0 bridgehead atoms. The van der Waals surface area contributed by atoms with E-state index in [9.17, 15) is 9.59 Å². The highest BCUT2D eigenvalue weighted by atomic mass is 16.1. The van der Waals surface area contributed by atoms with Gasteiger partial charge in [0.15, 0.2) is 0 Å². The van der Waals surface area contributed by atoms with Crippen molar-refractivity contribution in [2.24, 2.45) is 0 Å². The third-order valence-corrected chi connectivity index (χ3v) is 4.05. The topological polar surface area (TPSA) is 81.8 Å². The molecule has 7 heteroatoms. The van der Waals surface area contributed by atoms with Crippen molar-refractivity contribution < 1.29 is 4.79 Å². The average molecular weight is 351 g/mol. The van der Waals surface area contributed by atoms with Gasteiger partial charge in [0.2, 0.25) is 11.3 Å². The number of carbonyl (C=O) groups is 1. The number of aryl methyl sites for hydroxylation is 1. The Morgan fingerprint density at radius 2 is 2.00 bits per heavy atom. The normalized spacial score (nSPS) is 10.7. The largest absolute Gasteiger partial charge is 0.359 e. The average Bonchev–Trinajstić information content (AvgIpc) is 3.13. The van der Waals surface area contributed by atoms with Crippen LogP contribution in [0, 0.1) is 0 Å². The minimum atomic E-state index is -0.0805. The van der Waals surface area contributed by atoms with Gasteiger partial charge >= 0.3 is 0 Å². The van der Waals surface area contributed by atoms with E-state index in [1.807, 2.05) is 36.5 Å². The van der Waals surface area contributed by atoms with Crippen LogP contribution in [0.25, 0.3) is 5.69 Å². The Morgan fingerprint density at radius 1 is 1.19 bits per heavy atom. The van der Waals surface area contributed by atoms with E-state index in [1.165, 1.54) is 6.07 Å². The number of nitrogens with one attached hydrogen (secondary N) is 1. The Labute approximate surface area is 151 Å². The molecular weight excluding hydrogens is 330 g/mol. The number of hydrogen-bond acceptors (Lipinski definition) is 4. The van der Waals surface area contributed by atoms with Crippen LogP contribution in [0.1, 0.15) is 24.1 Å². The number of aromatic nitrogens is 4. The van der Waals surface area contributed by atoms with E-state index >= 15 is 0 Å². The molecule has 0 unspecified atom stereocenters. The third kappa shape index (κ3) is 4.44. The second kappa shape index (κ2) is 8.24. The number of nitrogens with zero attached hydrogens (tertiary/aromatic N) is 4. The fraction of sp³-hybridized carbons (Fsp3) is 0.263.